The average Bonchev–Trinajstić information content (AvgIpc) is 3.24. The van der Waals surface area contributed by atoms with Crippen LogP contribution in [-0.2, 0) is 11.8 Å². The van der Waals surface area contributed by atoms with E-state index >= 15 is 0 Å². The van der Waals surface area contributed by atoms with E-state index < -0.39 is 0 Å². The number of allylic oxidation sites excluding steroid dienone is 1. The van der Waals surface area contributed by atoms with E-state index in [4.69, 9.17) is 5.73 Å². The highest BCUT2D eigenvalue weighted by molar-refractivity contribution is 5.97. The number of nitrogens with one attached hydrogen (secondary N) is 1. The van der Waals surface area contributed by atoms with Gasteiger partial charge in [0.05, 0.1) is 0 Å². The lowest BCUT2D eigenvalue weighted by Gasteiger charge is -2.23. The highest BCUT2D eigenvalue weighted by Crippen LogP contribution is 2.52. The van der Waals surface area contributed by atoms with Gasteiger partial charge in [-0.05, 0) is 73.5 Å². The first-order valence-corrected chi connectivity index (χ1v) is 14.4. The molecule has 1 aliphatic rings. The average molecular weight is 531 g/mol. The Morgan fingerprint density at radius 1 is 0.707 bits per heavy atom. The van der Waals surface area contributed by atoms with Crippen molar-refractivity contribution in [3.8, 4) is 11.1 Å². The first kappa shape index (κ1) is 25.3. The van der Waals surface area contributed by atoms with Crippen molar-refractivity contribution in [2.75, 3.05) is 0 Å². The molecule has 0 amide bonds. The van der Waals surface area contributed by atoms with Gasteiger partial charge in [-0.3, -0.25) is 0 Å². The van der Waals surface area contributed by atoms with E-state index in [1.165, 1.54) is 54.9 Å². The van der Waals surface area contributed by atoms with Crippen molar-refractivity contribution in [2.45, 2.75) is 31.8 Å². The molecule has 0 bridgehead atoms. The van der Waals surface area contributed by atoms with Crippen LogP contribution in [0.25, 0.3) is 38.4 Å². The Labute approximate surface area is 242 Å². The van der Waals surface area contributed by atoms with Gasteiger partial charge in [0.25, 0.3) is 0 Å². The summed E-state index contributed by atoms with van der Waals surface area (Å²) >= 11 is 0. The van der Waals surface area contributed by atoms with Crippen molar-refractivity contribution >= 4 is 27.2 Å². The van der Waals surface area contributed by atoms with E-state index in [2.05, 4.69) is 134 Å². The van der Waals surface area contributed by atoms with Gasteiger partial charge in [0.2, 0.25) is 0 Å². The monoisotopic (exact) mass is 530 g/mol. The SMILES string of the molecule is CC1(C)c2cc3ccccc3cc2-c2c(/C(=C/Cc3cccc4ccccc34)NC(N)c3ccccc3)cccc21. The summed E-state index contributed by atoms with van der Waals surface area (Å²) in [7, 11) is 0. The minimum Gasteiger partial charge on any atom is -0.366 e. The Morgan fingerprint density at radius 3 is 2.17 bits per heavy atom. The molecule has 200 valence electrons. The lowest BCUT2D eigenvalue weighted by Crippen LogP contribution is -2.28. The van der Waals surface area contributed by atoms with Gasteiger partial charge in [-0.1, -0.05) is 135 Å². The minimum absolute atomic E-state index is 0.104. The summed E-state index contributed by atoms with van der Waals surface area (Å²) in [5, 5.41) is 8.83. The van der Waals surface area contributed by atoms with Crippen LogP contribution in [0.1, 0.15) is 47.8 Å². The molecule has 41 heavy (non-hydrogen) atoms. The summed E-state index contributed by atoms with van der Waals surface area (Å²) < 4.78 is 0. The van der Waals surface area contributed by atoms with Crippen molar-refractivity contribution < 1.29 is 0 Å². The fourth-order valence-electron chi connectivity index (χ4n) is 6.54. The van der Waals surface area contributed by atoms with Gasteiger partial charge in [-0.15, -0.1) is 0 Å². The number of hydrogen-bond donors (Lipinski definition) is 2. The molecule has 0 saturated heterocycles. The zero-order valence-electron chi connectivity index (χ0n) is 23.6. The molecule has 1 atom stereocenters. The Hall–Kier alpha value is -4.66. The zero-order valence-corrected chi connectivity index (χ0v) is 23.6. The molecule has 7 rings (SSSR count). The predicted octanol–water partition coefficient (Wildman–Crippen LogP) is 9.13. The fraction of sp³-hybridized carbons (Fsp3) is 0.128. The third-order valence-corrected chi connectivity index (χ3v) is 8.73. The van der Waals surface area contributed by atoms with Crippen LogP contribution >= 0.6 is 0 Å². The summed E-state index contributed by atoms with van der Waals surface area (Å²) in [5.41, 5.74) is 16.7. The molecule has 0 aromatic heterocycles. The summed E-state index contributed by atoms with van der Waals surface area (Å²) in [4.78, 5) is 0. The normalized spacial score (nSPS) is 14.6. The highest BCUT2D eigenvalue weighted by Gasteiger charge is 2.37. The smallest absolute Gasteiger partial charge is 0.101 e. The van der Waals surface area contributed by atoms with Gasteiger partial charge in [0.15, 0.2) is 0 Å². The number of hydrogen-bond acceptors (Lipinski definition) is 2. The molecular formula is C39H34N2. The molecular weight excluding hydrogens is 496 g/mol. The van der Waals surface area contributed by atoms with E-state index in [9.17, 15) is 0 Å². The molecule has 2 heteroatoms. The van der Waals surface area contributed by atoms with E-state index in [0.717, 1.165) is 17.7 Å². The van der Waals surface area contributed by atoms with Gasteiger partial charge in [-0.2, -0.15) is 0 Å². The Morgan fingerprint density at radius 2 is 1.37 bits per heavy atom. The molecule has 1 unspecified atom stereocenters. The Bertz CT molecular complexity index is 1930. The van der Waals surface area contributed by atoms with Crippen LogP contribution in [0.2, 0.25) is 0 Å². The van der Waals surface area contributed by atoms with E-state index in [-0.39, 0.29) is 11.6 Å². The summed E-state index contributed by atoms with van der Waals surface area (Å²) in [5.74, 6) is 0. The third-order valence-electron chi connectivity index (χ3n) is 8.73. The lowest BCUT2D eigenvalue weighted by atomic mass is 9.81. The van der Waals surface area contributed by atoms with Crippen LogP contribution in [0.3, 0.4) is 0 Å². The van der Waals surface area contributed by atoms with Crippen LogP contribution in [0, 0.1) is 0 Å². The maximum absolute atomic E-state index is 6.81. The van der Waals surface area contributed by atoms with Crippen LogP contribution < -0.4 is 11.1 Å². The number of benzene rings is 6. The molecule has 3 N–H and O–H groups in total. The van der Waals surface area contributed by atoms with Crippen molar-refractivity contribution in [1.82, 2.24) is 5.32 Å². The molecule has 2 nitrogen and oxygen atoms in total. The largest absolute Gasteiger partial charge is 0.366 e. The molecule has 0 saturated carbocycles. The minimum atomic E-state index is -0.337. The summed E-state index contributed by atoms with van der Waals surface area (Å²) in [6, 6.07) is 45.6. The zero-order chi connectivity index (χ0) is 28.0. The maximum Gasteiger partial charge on any atom is 0.101 e. The van der Waals surface area contributed by atoms with Crippen molar-refractivity contribution in [2.24, 2.45) is 5.73 Å². The molecule has 0 radical (unpaired) electrons. The quantitative estimate of drug-likeness (QED) is 0.211. The second-order valence-corrected chi connectivity index (χ2v) is 11.6. The lowest BCUT2D eigenvalue weighted by molar-refractivity contribution is 0.659. The summed E-state index contributed by atoms with van der Waals surface area (Å²) in [6.45, 7) is 4.69. The number of nitrogens with two attached hydrogens (primary N) is 1. The molecule has 6 aromatic carbocycles. The van der Waals surface area contributed by atoms with Crippen molar-refractivity contribution in [3.63, 3.8) is 0 Å². The predicted molar refractivity (Wildman–Crippen MR) is 174 cm³/mol. The van der Waals surface area contributed by atoms with E-state index in [0.29, 0.717) is 0 Å². The molecule has 0 aliphatic heterocycles. The van der Waals surface area contributed by atoms with Gasteiger partial charge in [0, 0.05) is 16.7 Å². The third kappa shape index (κ3) is 4.41. The second-order valence-electron chi connectivity index (χ2n) is 11.6. The van der Waals surface area contributed by atoms with Crippen LogP contribution in [0.15, 0.2) is 133 Å². The van der Waals surface area contributed by atoms with Gasteiger partial charge >= 0.3 is 0 Å². The molecule has 0 spiro atoms. The topological polar surface area (TPSA) is 38.0 Å². The van der Waals surface area contributed by atoms with Crippen LogP contribution in [0.5, 0.6) is 0 Å². The van der Waals surface area contributed by atoms with Crippen molar-refractivity contribution in [1.29, 1.82) is 0 Å². The Balaban J connectivity index is 1.40. The maximum atomic E-state index is 6.81. The molecule has 0 heterocycles. The molecule has 0 fully saturated rings. The fourth-order valence-corrected chi connectivity index (χ4v) is 6.54. The molecule has 1 aliphatic carbocycles. The Kier molecular flexibility index (Phi) is 6.22. The standard InChI is InChI=1S/C39H34N2/c1-39(2)34-21-11-20-32(37(34)33-24-29-15-6-7-16-30(29)25-35(33)39)36(41-38(40)28-13-4-3-5-14-28)23-22-27-18-10-17-26-12-8-9-19-31(26)27/h3-21,23-25,38,41H,22,40H2,1-2H3/b36-23-. The first-order chi connectivity index (χ1) is 20.0. The van der Waals surface area contributed by atoms with Gasteiger partial charge in [-0.25, -0.2) is 0 Å². The summed E-state index contributed by atoms with van der Waals surface area (Å²) in [6.07, 6.45) is 2.78. The van der Waals surface area contributed by atoms with E-state index in [1.807, 2.05) is 18.2 Å². The number of fused-ring (bicyclic) bond motifs is 5. The van der Waals surface area contributed by atoms with Gasteiger partial charge < -0.3 is 11.1 Å². The van der Waals surface area contributed by atoms with Crippen LogP contribution in [-0.4, -0.2) is 0 Å². The first-order valence-electron chi connectivity index (χ1n) is 14.4. The highest BCUT2D eigenvalue weighted by atomic mass is 15.0. The number of rotatable bonds is 6. The van der Waals surface area contributed by atoms with E-state index in [1.54, 1.807) is 0 Å². The second kappa shape index (κ2) is 10.1. The van der Waals surface area contributed by atoms with Gasteiger partial charge in [0.1, 0.15) is 6.17 Å². The van der Waals surface area contributed by atoms with Crippen LogP contribution in [0.4, 0.5) is 0 Å². The van der Waals surface area contributed by atoms with Crippen molar-refractivity contribution in [3.05, 3.63) is 161 Å². The molecule has 6 aromatic rings.